The van der Waals surface area contributed by atoms with E-state index >= 15 is 0 Å². The first-order valence-electron chi connectivity index (χ1n) is 5.84. The molecule has 0 heterocycles. The standard InChI is InChI=1S/C15H12BrClO3/c1-19-14-4-3-11(6-12(14)16)9-20-15-5-2-10(8-18)7-13(15)17/h2-8H,9H2,1H3. The Morgan fingerprint density at radius 1 is 1.20 bits per heavy atom. The Labute approximate surface area is 130 Å². The summed E-state index contributed by atoms with van der Waals surface area (Å²) in [5.74, 6) is 1.31. The molecule has 3 nitrogen and oxygen atoms in total. The van der Waals surface area contributed by atoms with Gasteiger partial charge in [0.05, 0.1) is 16.6 Å². The summed E-state index contributed by atoms with van der Waals surface area (Å²) in [6.45, 7) is 0.378. The number of hydrogen-bond acceptors (Lipinski definition) is 3. The summed E-state index contributed by atoms with van der Waals surface area (Å²) < 4.78 is 11.7. The van der Waals surface area contributed by atoms with Crippen molar-refractivity contribution < 1.29 is 14.3 Å². The predicted octanol–water partition coefficient (Wildman–Crippen LogP) is 4.50. The van der Waals surface area contributed by atoms with Crippen LogP contribution < -0.4 is 9.47 Å². The van der Waals surface area contributed by atoms with Crippen molar-refractivity contribution in [2.45, 2.75) is 6.61 Å². The molecule has 0 bridgehead atoms. The van der Waals surface area contributed by atoms with Crippen molar-refractivity contribution in [3.63, 3.8) is 0 Å². The first kappa shape index (κ1) is 14.9. The lowest BCUT2D eigenvalue weighted by Crippen LogP contribution is -1.97. The Morgan fingerprint density at radius 3 is 2.55 bits per heavy atom. The van der Waals surface area contributed by atoms with Crippen molar-refractivity contribution in [1.29, 1.82) is 0 Å². The van der Waals surface area contributed by atoms with Crippen LogP contribution in [0.15, 0.2) is 40.9 Å². The fourth-order valence-corrected chi connectivity index (χ4v) is 2.50. The second kappa shape index (κ2) is 6.77. The van der Waals surface area contributed by atoms with E-state index in [9.17, 15) is 4.79 Å². The fourth-order valence-electron chi connectivity index (χ4n) is 1.67. The zero-order valence-electron chi connectivity index (χ0n) is 10.7. The van der Waals surface area contributed by atoms with Gasteiger partial charge in [0.15, 0.2) is 0 Å². The van der Waals surface area contributed by atoms with Crippen LogP contribution in [0.25, 0.3) is 0 Å². The number of benzene rings is 2. The van der Waals surface area contributed by atoms with Gasteiger partial charge in [-0.2, -0.15) is 0 Å². The number of hydrogen-bond donors (Lipinski definition) is 0. The van der Waals surface area contributed by atoms with E-state index in [0.717, 1.165) is 22.1 Å². The quantitative estimate of drug-likeness (QED) is 0.741. The Morgan fingerprint density at radius 2 is 1.95 bits per heavy atom. The maximum Gasteiger partial charge on any atom is 0.150 e. The second-order valence-corrected chi connectivity index (χ2v) is 5.33. The third kappa shape index (κ3) is 3.52. The average molecular weight is 356 g/mol. The number of methoxy groups -OCH3 is 1. The van der Waals surface area contributed by atoms with Gasteiger partial charge in [0, 0.05) is 5.56 Å². The molecular formula is C15H12BrClO3. The Bertz CT molecular complexity index is 629. The molecule has 20 heavy (non-hydrogen) atoms. The number of carbonyl (C=O) groups excluding carboxylic acids is 1. The highest BCUT2D eigenvalue weighted by molar-refractivity contribution is 9.10. The van der Waals surface area contributed by atoms with Crippen molar-refractivity contribution in [1.82, 2.24) is 0 Å². The average Bonchev–Trinajstić information content (AvgIpc) is 2.46. The Hall–Kier alpha value is -1.52. The van der Waals surface area contributed by atoms with E-state index in [1.54, 1.807) is 25.3 Å². The number of aldehydes is 1. The molecule has 5 heteroatoms. The summed E-state index contributed by atoms with van der Waals surface area (Å²) in [4.78, 5) is 10.6. The minimum absolute atomic E-state index is 0.378. The van der Waals surface area contributed by atoms with Gasteiger partial charge >= 0.3 is 0 Å². The first-order chi connectivity index (χ1) is 9.63. The summed E-state index contributed by atoms with van der Waals surface area (Å²) in [6.07, 6.45) is 0.746. The molecule has 0 radical (unpaired) electrons. The summed E-state index contributed by atoms with van der Waals surface area (Å²) in [5, 5.41) is 0.419. The van der Waals surface area contributed by atoms with E-state index in [2.05, 4.69) is 15.9 Å². The molecule has 0 aliphatic carbocycles. The van der Waals surface area contributed by atoms with Crippen LogP contribution >= 0.6 is 27.5 Å². The molecule has 0 fully saturated rings. The minimum Gasteiger partial charge on any atom is -0.496 e. The molecule has 0 saturated heterocycles. The van der Waals surface area contributed by atoms with E-state index < -0.39 is 0 Å². The van der Waals surface area contributed by atoms with Crippen LogP contribution in [0.5, 0.6) is 11.5 Å². The normalized spacial score (nSPS) is 10.2. The second-order valence-electron chi connectivity index (χ2n) is 4.07. The molecule has 2 aromatic carbocycles. The van der Waals surface area contributed by atoms with E-state index in [4.69, 9.17) is 21.1 Å². The highest BCUT2D eigenvalue weighted by Gasteiger charge is 2.05. The van der Waals surface area contributed by atoms with Gasteiger partial charge in [-0.05, 0) is 51.8 Å². The van der Waals surface area contributed by atoms with Crippen LogP contribution in [0.4, 0.5) is 0 Å². The van der Waals surface area contributed by atoms with Crippen molar-refractivity contribution in [3.05, 3.63) is 57.0 Å². The van der Waals surface area contributed by atoms with Gasteiger partial charge < -0.3 is 9.47 Å². The van der Waals surface area contributed by atoms with Crippen LogP contribution in [0.1, 0.15) is 15.9 Å². The van der Waals surface area contributed by atoms with Crippen LogP contribution in [0.2, 0.25) is 5.02 Å². The molecule has 2 rings (SSSR count). The van der Waals surface area contributed by atoms with Gasteiger partial charge in [-0.1, -0.05) is 17.7 Å². The smallest absolute Gasteiger partial charge is 0.150 e. The number of rotatable bonds is 5. The molecule has 0 aliphatic rings. The highest BCUT2D eigenvalue weighted by atomic mass is 79.9. The minimum atomic E-state index is 0.378. The predicted molar refractivity (Wildman–Crippen MR) is 81.9 cm³/mol. The maximum atomic E-state index is 10.6. The van der Waals surface area contributed by atoms with Crippen LogP contribution in [0.3, 0.4) is 0 Å². The van der Waals surface area contributed by atoms with Crippen LogP contribution in [0, 0.1) is 0 Å². The highest BCUT2D eigenvalue weighted by Crippen LogP contribution is 2.28. The lowest BCUT2D eigenvalue weighted by molar-refractivity contribution is 0.112. The summed E-state index contributed by atoms with van der Waals surface area (Å²) in [5.41, 5.74) is 1.50. The SMILES string of the molecule is COc1ccc(COc2ccc(C=O)cc2Cl)cc1Br. The lowest BCUT2D eigenvalue weighted by Gasteiger charge is -2.10. The molecule has 0 aliphatic heterocycles. The van der Waals surface area contributed by atoms with E-state index in [1.165, 1.54) is 0 Å². The molecule has 0 saturated carbocycles. The van der Waals surface area contributed by atoms with Crippen LogP contribution in [-0.4, -0.2) is 13.4 Å². The van der Waals surface area contributed by atoms with Gasteiger partial charge in [-0.3, -0.25) is 4.79 Å². The van der Waals surface area contributed by atoms with Gasteiger partial charge in [0.2, 0.25) is 0 Å². The third-order valence-corrected chi connectivity index (χ3v) is 3.62. The van der Waals surface area contributed by atoms with E-state index in [-0.39, 0.29) is 0 Å². The van der Waals surface area contributed by atoms with E-state index in [1.807, 2.05) is 18.2 Å². The number of ether oxygens (including phenoxy) is 2. The number of carbonyl (C=O) groups is 1. The molecule has 104 valence electrons. The molecule has 0 amide bonds. The molecule has 2 aromatic rings. The largest absolute Gasteiger partial charge is 0.496 e. The molecule has 0 unspecified atom stereocenters. The van der Waals surface area contributed by atoms with Crippen LogP contribution in [-0.2, 0) is 6.61 Å². The van der Waals surface area contributed by atoms with Crippen molar-refractivity contribution >= 4 is 33.8 Å². The summed E-state index contributed by atoms with van der Waals surface area (Å²) in [7, 11) is 1.62. The van der Waals surface area contributed by atoms with Gasteiger partial charge in [-0.15, -0.1) is 0 Å². The third-order valence-electron chi connectivity index (χ3n) is 2.70. The number of halogens is 2. The van der Waals surface area contributed by atoms with Crippen molar-refractivity contribution in [3.8, 4) is 11.5 Å². The molecule has 0 atom stereocenters. The molecule has 0 spiro atoms. The molecular weight excluding hydrogens is 344 g/mol. The van der Waals surface area contributed by atoms with Gasteiger partial charge in [-0.25, -0.2) is 0 Å². The summed E-state index contributed by atoms with van der Waals surface area (Å²) in [6, 6.07) is 10.6. The zero-order valence-corrected chi connectivity index (χ0v) is 13.1. The fraction of sp³-hybridized carbons (Fsp3) is 0.133. The Kier molecular flexibility index (Phi) is 5.04. The topological polar surface area (TPSA) is 35.5 Å². The first-order valence-corrected chi connectivity index (χ1v) is 7.01. The zero-order chi connectivity index (χ0) is 14.5. The van der Waals surface area contributed by atoms with Gasteiger partial charge in [0.1, 0.15) is 24.4 Å². The van der Waals surface area contributed by atoms with Crippen molar-refractivity contribution in [2.24, 2.45) is 0 Å². The van der Waals surface area contributed by atoms with Crippen molar-refractivity contribution in [2.75, 3.05) is 7.11 Å². The maximum absolute atomic E-state index is 10.6. The summed E-state index contributed by atoms with van der Waals surface area (Å²) >= 11 is 9.46. The lowest BCUT2D eigenvalue weighted by atomic mass is 10.2. The molecule has 0 N–H and O–H groups in total. The van der Waals surface area contributed by atoms with Gasteiger partial charge in [0.25, 0.3) is 0 Å². The monoisotopic (exact) mass is 354 g/mol. The Balaban J connectivity index is 2.08. The van der Waals surface area contributed by atoms with E-state index in [0.29, 0.717) is 22.9 Å². The molecule has 0 aromatic heterocycles.